The maximum Gasteiger partial charge on any atom is 0.279 e. The third kappa shape index (κ3) is 5.89. The Bertz CT molecular complexity index is 822. The molecule has 7 heteroatoms. The van der Waals surface area contributed by atoms with Gasteiger partial charge >= 0.3 is 0 Å². The van der Waals surface area contributed by atoms with Crippen LogP contribution in [0.15, 0.2) is 48.5 Å². The molecule has 2 rings (SSSR count). The zero-order chi connectivity index (χ0) is 19.1. The maximum absolute atomic E-state index is 12.8. The van der Waals surface area contributed by atoms with Crippen molar-refractivity contribution < 1.29 is 18.7 Å². The van der Waals surface area contributed by atoms with Crippen molar-refractivity contribution in [2.45, 2.75) is 20.0 Å². The summed E-state index contributed by atoms with van der Waals surface area (Å²) < 4.78 is 18.2. The van der Waals surface area contributed by atoms with E-state index in [9.17, 15) is 14.0 Å². The Hall–Kier alpha value is -2.86. The lowest BCUT2D eigenvalue weighted by Gasteiger charge is -2.14. The molecule has 0 aliphatic carbocycles. The van der Waals surface area contributed by atoms with E-state index in [1.54, 1.807) is 12.1 Å². The highest BCUT2D eigenvalue weighted by atomic mass is 35.5. The summed E-state index contributed by atoms with van der Waals surface area (Å²) in [4.78, 5) is 23.7. The summed E-state index contributed by atoms with van der Waals surface area (Å²) in [7, 11) is 0. The van der Waals surface area contributed by atoms with Gasteiger partial charge in [-0.25, -0.2) is 4.39 Å². The van der Waals surface area contributed by atoms with Gasteiger partial charge in [0.2, 0.25) is 0 Å². The molecule has 136 valence electrons. The first-order chi connectivity index (χ1) is 12.3. The van der Waals surface area contributed by atoms with Crippen molar-refractivity contribution >= 4 is 29.5 Å². The third-order valence-corrected chi connectivity index (χ3v) is 3.83. The molecule has 0 aliphatic rings. The molecule has 0 saturated heterocycles. The minimum atomic E-state index is -0.874. The highest BCUT2D eigenvalue weighted by Gasteiger charge is 2.14. The lowest BCUT2D eigenvalue weighted by Crippen LogP contribution is -2.46. The highest BCUT2D eigenvalue weighted by Crippen LogP contribution is 2.17. The van der Waals surface area contributed by atoms with Crippen molar-refractivity contribution in [2.24, 2.45) is 0 Å². The van der Waals surface area contributed by atoms with Gasteiger partial charge < -0.3 is 4.74 Å². The normalized spacial score (nSPS) is 11.8. The van der Waals surface area contributed by atoms with Crippen molar-refractivity contribution in [3.63, 3.8) is 0 Å². The van der Waals surface area contributed by atoms with Crippen molar-refractivity contribution in [1.82, 2.24) is 10.9 Å². The largest absolute Gasteiger partial charge is 0.481 e. The van der Waals surface area contributed by atoms with Crippen molar-refractivity contribution in [2.75, 3.05) is 0 Å². The Morgan fingerprint density at radius 2 is 1.85 bits per heavy atom. The molecule has 26 heavy (non-hydrogen) atoms. The van der Waals surface area contributed by atoms with E-state index in [1.807, 2.05) is 19.1 Å². The van der Waals surface area contributed by atoms with Gasteiger partial charge in [-0.05, 0) is 61.4 Å². The van der Waals surface area contributed by atoms with Crippen LogP contribution in [0.5, 0.6) is 5.75 Å². The van der Waals surface area contributed by atoms with Crippen LogP contribution in [0.25, 0.3) is 6.08 Å². The Kier molecular flexibility index (Phi) is 6.74. The molecule has 5 nitrogen and oxygen atoms in total. The number of benzene rings is 2. The van der Waals surface area contributed by atoms with Crippen LogP contribution in [0.4, 0.5) is 4.39 Å². The zero-order valence-electron chi connectivity index (χ0n) is 14.3. The van der Waals surface area contributed by atoms with E-state index in [1.165, 1.54) is 37.3 Å². The van der Waals surface area contributed by atoms with Crippen LogP contribution in [0.1, 0.15) is 18.1 Å². The molecular weight excluding hydrogens is 359 g/mol. The van der Waals surface area contributed by atoms with E-state index in [4.69, 9.17) is 16.3 Å². The molecular formula is C19H18ClFN2O3. The van der Waals surface area contributed by atoms with Crippen molar-refractivity contribution in [3.05, 3.63) is 70.5 Å². The fourth-order valence-corrected chi connectivity index (χ4v) is 2.11. The first-order valence-corrected chi connectivity index (χ1v) is 8.19. The number of hydrogen-bond acceptors (Lipinski definition) is 3. The van der Waals surface area contributed by atoms with Crippen molar-refractivity contribution in [3.8, 4) is 5.75 Å². The molecule has 0 fully saturated rings. The predicted octanol–water partition coefficient (Wildman–Crippen LogP) is 3.42. The second-order valence-electron chi connectivity index (χ2n) is 5.53. The molecule has 2 aromatic rings. The summed E-state index contributed by atoms with van der Waals surface area (Å²) in [5, 5.41) is 0.604. The van der Waals surface area contributed by atoms with Gasteiger partial charge in [0.1, 0.15) is 11.6 Å². The van der Waals surface area contributed by atoms with Crippen molar-refractivity contribution in [1.29, 1.82) is 0 Å². The Morgan fingerprint density at radius 1 is 1.15 bits per heavy atom. The van der Waals surface area contributed by atoms with E-state index in [2.05, 4.69) is 10.9 Å². The summed E-state index contributed by atoms with van der Waals surface area (Å²) in [6, 6.07) is 10.7. The van der Waals surface area contributed by atoms with Gasteiger partial charge in [0.25, 0.3) is 11.8 Å². The molecule has 0 heterocycles. The van der Waals surface area contributed by atoms with Crippen LogP contribution in [-0.2, 0) is 9.59 Å². The summed E-state index contributed by atoms with van der Waals surface area (Å²) in [6.45, 7) is 3.39. The fraction of sp³-hybridized carbons (Fsp3) is 0.158. The van der Waals surface area contributed by atoms with Gasteiger partial charge in [0.15, 0.2) is 6.10 Å². The summed E-state index contributed by atoms with van der Waals surface area (Å²) >= 11 is 6.02. The third-order valence-electron chi connectivity index (χ3n) is 3.43. The summed E-state index contributed by atoms with van der Waals surface area (Å²) in [6.07, 6.45) is 1.97. The number of hydrogen-bond donors (Lipinski definition) is 2. The van der Waals surface area contributed by atoms with Crippen LogP contribution in [0, 0.1) is 12.7 Å². The van der Waals surface area contributed by atoms with E-state index in [0.717, 1.165) is 11.1 Å². The molecule has 0 aromatic heterocycles. The molecule has 1 atom stereocenters. The second-order valence-corrected chi connectivity index (χ2v) is 5.94. The number of carbonyl (C=O) groups excluding carboxylic acids is 2. The van der Waals surface area contributed by atoms with Gasteiger partial charge in [-0.15, -0.1) is 0 Å². The predicted molar refractivity (Wildman–Crippen MR) is 98.0 cm³/mol. The zero-order valence-corrected chi connectivity index (χ0v) is 15.0. The second kappa shape index (κ2) is 9.01. The molecule has 2 aromatic carbocycles. The number of amides is 2. The molecule has 0 bridgehead atoms. The highest BCUT2D eigenvalue weighted by molar-refractivity contribution is 6.31. The first-order valence-electron chi connectivity index (χ1n) is 7.81. The number of carbonyl (C=O) groups is 2. The number of ether oxygens (including phenoxy) is 1. The smallest absolute Gasteiger partial charge is 0.279 e. The van der Waals surface area contributed by atoms with E-state index in [0.29, 0.717) is 10.8 Å². The van der Waals surface area contributed by atoms with E-state index < -0.39 is 23.7 Å². The fourth-order valence-electron chi connectivity index (χ4n) is 1.92. The van der Waals surface area contributed by atoms with Gasteiger partial charge in [0.05, 0.1) is 0 Å². The van der Waals surface area contributed by atoms with Gasteiger partial charge in [-0.2, -0.15) is 0 Å². The van der Waals surface area contributed by atoms with Gasteiger partial charge in [0, 0.05) is 11.1 Å². The number of nitrogens with one attached hydrogen (secondary N) is 2. The van der Waals surface area contributed by atoms with Gasteiger partial charge in [-0.3, -0.25) is 20.4 Å². The Balaban J connectivity index is 1.81. The summed E-state index contributed by atoms with van der Waals surface area (Å²) in [5.41, 5.74) is 6.21. The monoisotopic (exact) mass is 376 g/mol. The van der Waals surface area contributed by atoms with Gasteiger partial charge in [-0.1, -0.05) is 23.7 Å². The molecule has 2 amide bonds. The van der Waals surface area contributed by atoms with Crippen LogP contribution in [-0.4, -0.2) is 17.9 Å². The maximum atomic E-state index is 12.8. The van der Waals surface area contributed by atoms with Crippen LogP contribution < -0.4 is 15.6 Å². The molecule has 1 unspecified atom stereocenters. The quantitative estimate of drug-likeness (QED) is 0.620. The van der Waals surface area contributed by atoms with Crippen LogP contribution in [0.2, 0.25) is 5.02 Å². The lowest BCUT2D eigenvalue weighted by molar-refractivity contribution is -0.131. The molecule has 0 spiro atoms. The topological polar surface area (TPSA) is 67.4 Å². The SMILES string of the molecule is Cc1ccc(/C=C/C(=O)NNC(=O)C(C)Oc2ccc(F)cc2)cc1Cl. The standard InChI is InChI=1S/C19H18ClFN2O3/c1-12-3-4-14(11-17(12)20)5-10-18(24)22-23-19(25)13(2)26-16-8-6-15(21)7-9-16/h3-11,13H,1-2H3,(H,22,24)(H,23,25)/b10-5+. The summed E-state index contributed by atoms with van der Waals surface area (Å²) in [5.74, 6) is -1.11. The molecule has 2 N–H and O–H groups in total. The number of halogens is 2. The minimum Gasteiger partial charge on any atom is -0.481 e. The molecule has 0 radical (unpaired) electrons. The van der Waals surface area contributed by atoms with E-state index >= 15 is 0 Å². The average molecular weight is 377 g/mol. The molecule has 0 aliphatic heterocycles. The van der Waals surface area contributed by atoms with Crippen LogP contribution in [0.3, 0.4) is 0 Å². The number of hydrazine groups is 1. The Labute approximate surface area is 155 Å². The first kappa shape index (κ1) is 19.5. The van der Waals surface area contributed by atoms with Crippen LogP contribution >= 0.6 is 11.6 Å². The average Bonchev–Trinajstić information content (AvgIpc) is 2.62. The lowest BCUT2D eigenvalue weighted by atomic mass is 10.1. The number of rotatable bonds is 5. The molecule has 0 saturated carbocycles. The number of aryl methyl sites for hydroxylation is 1. The minimum absolute atomic E-state index is 0.344. The van der Waals surface area contributed by atoms with E-state index in [-0.39, 0.29) is 0 Å². The Morgan fingerprint density at radius 3 is 2.50 bits per heavy atom.